The molecule has 5 nitrogen and oxygen atoms in total. The second-order valence-electron chi connectivity index (χ2n) is 4.12. The lowest BCUT2D eigenvalue weighted by atomic mass is 10.1. The van der Waals surface area contributed by atoms with Crippen molar-refractivity contribution in [2.45, 2.75) is 33.2 Å². The van der Waals surface area contributed by atoms with Gasteiger partial charge in [-0.15, -0.1) is 0 Å². The number of hydrogen-bond acceptors (Lipinski definition) is 5. The summed E-state index contributed by atoms with van der Waals surface area (Å²) in [6.45, 7) is 7.01. The fourth-order valence-electron chi connectivity index (χ4n) is 1.84. The minimum absolute atomic E-state index is 0.0724. The summed E-state index contributed by atoms with van der Waals surface area (Å²) >= 11 is 0. The van der Waals surface area contributed by atoms with Crippen molar-refractivity contribution in [3.63, 3.8) is 0 Å². The highest BCUT2D eigenvalue weighted by Gasteiger charge is 2.15. The Morgan fingerprint density at radius 3 is 2.94 bits per heavy atom. The molecule has 0 bridgehead atoms. The van der Waals surface area contributed by atoms with Crippen LogP contribution in [-0.2, 0) is 6.42 Å². The quantitative estimate of drug-likeness (QED) is 0.877. The number of nitrogens with one attached hydrogen (secondary N) is 1. The highest BCUT2D eigenvalue weighted by molar-refractivity contribution is 5.58. The minimum Gasteiger partial charge on any atom is -0.337 e. The molecular weight excluding hydrogens is 228 g/mol. The summed E-state index contributed by atoms with van der Waals surface area (Å²) in [7, 11) is 0. The number of aromatic nitrogens is 3. The van der Waals surface area contributed by atoms with Crippen LogP contribution in [0.3, 0.4) is 0 Å². The first-order chi connectivity index (χ1) is 8.76. The van der Waals surface area contributed by atoms with Gasteiger partial charge in [0.25, 0.3) is 0 Å². The van der Waals surface area contributed by atoms with Gasteiger partial charge < -0.3 is 9.84 Å². The maximum Gasteiger partial charge on any atom is 0.243 e. The van der Waals surface area contributed by atoms with E-state index in [4.69, 9.17) is 4.52 Å². The Hall–Kier alpha value is -1.75. The van der Waals surface area contributed by atoms with Crippen molar-refractivity contribution in [3.8, 4) is 11.4 Å². The van der Waals surface area contributed by atoms with E-state index in [9.17, 15) is 0 Å². The SMILES string of the molecule is CCNC(C)c1nc(-c2ccncc2CC)no1. The molecule has 96 valence electrons. The molecule has 5 heteroatoms. The molecule has 2 rings (SSSR count). The van der Waals surface area contributed by atoms with E-state index >= 15 is 0 Å². The lowest BCUT2D eigenvalue weighted by Gasteiger charge is -2.05. The highest BCUT2D eigenvalue weighted by Crippen LogP contribution is 2.21. The second-order valence-corrected chi connectivity index (χ2v) is 4.12. The van der Waals surface area contributed by atoms with Crippen molar-refractivity contribution in [1.82, 2.24) is 20.4 Å². The van der Waals surface area contributed by atoms with Crippen LogP contribution in [0.4, 0.5) is 0 Å². The fraction of sp³-hybridized carbons (Fsp3) is 0.462. The first-order valence-corrected chi connectivity index (χ1v) is 6.26. The lowest BCUT2D eigenvalue weighted by molar-refractivity contribution is 0.342. The van der Waals surface area contributed by atoms with Crippen LogP contribution >= 0.6 is 0 Å². The minimum atomic E-state index is 0.0724. The van der Waals surface area contributed by atoms with Gasteiger partial charge in [-0.1, -0.05) is 19.0 Å². The lowest BCUT2D eigenvalue weighted by Crippen LogP contribution is -2.17. The fourth-order valence-corrected chi connectivity index (χ4v) is 1.84. The van der Waals surface area contributed by atoms with Gasteiger partial charge in [0.05, 0.1) is 6.04 Å². The van der Waals surface area contributed by atoms with Gasteiger partial charge in [0.1, 0.15) is 0 Å². The van der Waals surface area contributed by atoms with Crippen LogP contribution in [0.5, 0.6) is 0 Å². The Kier molecular flexibility index (Phi) is 4.04. The Labute approximate surface area is 107 Å². The topological polar surface area (TPSA) is 63.8 Å². The molecule has 0 aliphatic heterocycles. The molecule has 0 aliphatic carbocycles. The summed E-state index contributed by atoms with van der Waals surface area (Å²) in [6.07, 6.45) is 4.49. The summed E-state index contributed by atoms with van der Waals surface area (Å²) in [5, 5.41) is 7.29. The van der Waals surface area contributed by atoms with Gasteiger partial charge in [-0.2, -0.15) is 4.98 Å². The monoisotopic (exact) mass is 246 g/mol. The zero-order valence-corrected chi connectivity index (χ0v) is 11.0. The van der Waals surface area contributed by atoms with Crippen molar-refractivity contribution in [1.29, 1.82) is 0 Å². The maximum absolute atomic E-state index is 5.29. The van der Waals surface area contributed by atoms with Crippen molar-refractivity contribution in [3.05, 3.63) is 29.9 Å². The van der Waals surface area contributed by atoms with E-state index in [1.807, 2.05) is 26.1 Å². The first kappa shape index (κ1) is 12.7. The molecule has 1 atom stereocenters. The molecular formula is C13H18N4O. The largest absolute Gasteiger partial charge is 0.337 e. The van der Waals surface area contributed by atoms with E-state index in [0.717, 1.165) is 24.1 Å². The van der Waals surface area contributed by atoms with Gasteiger partial charge in [0, 0.05) is 18.0 Å². The van der Waals surface area contributed by atoms with E-state index < -0.39 is 0 Å². The van der Waals surface area contributed by atoms with E-state index in [2.05, 4.69) is 27.4 Å². The number of nitrogens with zero attached hydrogens (tertiary/aromatic N) is 3. The number of pyridine rings is 1. The van der Waals surface area contributed by atoms with E-state index in [0.29, 0.717) is 11.7 Å². The van der Waals surface area contributed by atoms with Crippen LogP contribution in [-0.4, -0.2) is 21.7 Å². The van der Waals surface area contributed by atoms with Crippen LogP contribution in [0.25, 0.3) is 11.4 Å². The van der Waals surface area contributed by atoms with Crippen LogP contribution < -0.4 is 5.32 Å². The molecule has 0 radical (unpaired) electrons. The number of rotatable bonds is 5. The molecule has 2 aromatic heterocycles. The van der Waals surface area contributed by atoms with E-state index in [1.165, 1.54) is 0 Å². The Morgan fingerprint density at radius 1 is 1.39 bits per heavy atom. The Balaban J connectivity index is 2.29. The molecule has 0 saturated heterocycles. The highest BCUT2D eigenvalue weighted by atomic mass is 16.5. The van der Waals surface area contributed by atoms with E-state index in [-0.39, 0.29) is 6.04 Å². The normalized spacial score (nSPS) is 12.6. The molecule has 1 unspecified atom stereocenters. The molecule has 0 amide bonds. The van der Waals surface area contributed by atoms with Crippen molar-refractivity contribution < 1.29 is 4.52 Å². The van der Waals surface area contributed by atoms with E-state index in [1.54, 1.807) is 6.20 Å². The van der Waals surface area contributed by atoms with Crippen molar-refractivity contribution in [2.75, 3.05) is 6.54 Å². The van der Waals surface area contributed by atoms with Gasteiger partial charge in [-0.05, 0) is 31.5 Å². The number of aryl methyl sites for hydroxylation is 1. The first-order valence-electron chi connectivity index (χ1n) is 6.26. The average Bonchev–Trinajstić information content (AvgIpc) is 2.88. The third kappa shape index (κ3) is 2.56. The molecule has 0 fully saturated rings. The molecule has 1 N–H and O–H groups in total. The summed E-state index contributed by atoms with van der Waals surface area (Å²) in [6, 6.07) is 1.99. The molecule has 2 aromatic rings. The summed E-state index contributed by atoms with van der Waals surface area (Å²) in [5.74, 6) is 1.25. The third-order valence-corrected chi connectivity index (χ3v) is 2.85. The average molecular weight is 246 g/mol. The van der Waals surface area contributed by atoms with Gasteiger partial charge in [0.15, 0.2) is 0 Å². The summed E-state index contributed by atoms with van der Waals surface area (Å²) in [4.78, 5) is 8.55. The predicted molar refractivity (Wildman–Crippen MR) is 69.0 cm³/mol. The van der Waals surface area contributed by atoms with Crippen LogP contribution in [0.15, 0.2) is 23.0 Å². The summed E-state index contributed by atoms with van der Waals surface area (Å²) < 4.78 is 5.29. The van der Waals surface area contributed by atoms with Crippen LogP contribution in [0.1, 0.15) is 38.3 Å². The van der Waals surface area contributed by atoms with Crippen molar-refractivity contribution >= 4 is 0 Å². The van der Waals surface area contributed by atoms with Gasteiger partial charge in [-0.25, -0.2) is 0 Å². The molecule has 2 heterocycles. The second kappa shape index (κ2) is 5.73. The van der Waals surface area contributed by atoms with Gasteiger partial charge in [-0.3, -0.25) is 4.98 Å². The maximum atomic E-state index is 5.29. The van der Waals surface area contributed by atoms with Crippen LogP contribution in [0.2, 0.25) is 0 Å². The van der Waals surface area contributed by atoms with Gasteiger partial charge >= 0.3 is 0 Å². The molecule has 0 aromatic carbocycles. The smallest absolute Gasteiger partial charge is 0.243 e. The number of hydrogen-bond donors (Lipinski definition) is 1. The standard InChI is InChI=1S/C13H18N4O/c1-4-10-8-14-7-6-11(10)12-16-13(18-17-12)9(3)15-5-2/h6-9,15H,4-5H2,1-3H3. The Bertz CT molecular complexity index is 509. The summed E-state index contributed by atoms with van der Waals surface area (Å²) in [5.41, 5.74) is 2.12. The van der Waals surface area contributed by atoms with Gasteiger partial charge in [0.2, 0.25) is 11.7 Å². The zero-order chi connectivity index (χ0) is 13.0. The van der Waals surface area contributed by atoms with Crippen LogP contribution in [0, 0.1) is 0 Å². The Morgan fingerprint density at radius 2 is 2.22 bits per heavy atom. The molecule has 18 heavy (non-hydrogen) atoms. The molecule has 0 spiro atoms. The predicted octanol–water partition coefficient (Wildman–Crippen LogP) is 2.36. The molecule has 0 saturated carbocycles. The molecule has 0 aliphatic rings. The third-order valence-electron chi connectivity index (χ3n) is 2.85. The zero-order valence-electron chi connectivity index (χ0n) is 11.0. The van der Waals surface area contributed by atoms with Crippen molar-refractivity contribution in [2.24, 2.45) is 0 Å².